The van der Waals surface area contributed by atoms with E-state index in [1.807, 2.05) is 13.0 Å². The van der Waals surface area contributed by atoms with Crippen LogP contribution in [0.15, 0.2) is 18.2 Å². The first-order valence-corrected chi connectivity index (χ1v) is 4.67. The van der Waals surface area contributed by atoms with E-state index in [1.165, 1.54) is 0 Å². The Kier molecular flexibility index (Phi) is 3.77. The molecule has 14 heavy (non-hydrogen) atoms. The molecule has 1 aromatic rings. The summed E-state index contributed by atoms with van der Waals surface area (Å²) in [7, 11) is 1.60. The average molecular weight is 196 g/mol. The average Bonchev–Trinajstić information content (AvgIpc) is 2.18. The molecule has 0 amide bonds. The van der Waals surface area contributed by atoms with E-state index in [-0.39, 0.29) is 0 Å². The monoisotopic (exact) mass is 196 g/mol. The predicted molar refractivity (Wildman–Crippen MR) is 54.8 cm³/mol. The third-order valence-electron chi connectivity index (χ3n) is 1.97. The molecule has 0 aromatic heterocycles. The van der Waals surface area contributed by atoms with Crippen LogP contribution in [-0.4, -0.2) is 18.8 Å². The van der Waals surface area contributed by atoms with Gasteiger partial charge in [-0.1, -0.05) is 6.07 Å². The van der Waals surface area contributed by atoms with Crippen LogP contribution in [0.1, 0.15) is 25.5 Å². The van der Waals surface area contributed by atoms with E-state index in [0.29, 0.717) is 18.1 Å². The van der Waals surface area contributed by atoms with Crippen molar-refractivity contribution in [2.75, 3.05) is 13.7 Å². The minimum absolute atomic E-state index is 0.486. The van der Waals surface area contributed by atoms with Crippen molar-refractivity contribution in [3.63, 3.8) is 0 Å². The van der Waals surface area contributed by atoms with Gasteiger partial charge in [-0.15, -0.1) is 0 Å². The number of rotatable bonds is 4. The van der Waals surface area contributed by atoms with Gasteiger partial charge in [0.1, 0.15) is 0 Å². The molecule has 3 heteroatoms. The second-order valence-corrected chi connectivity index (χ2v) is 3.02. The van der Waals surface area contributed by atoms with Crippen molar-refractivity contribution < 1.29 is 14.6 Å². The summed E-state index contributed by atoms with van der Waals surface area (Å²) < 4.78 is 10.5. The number of ether oxygens (including phenoxy) is 2. The quantitative estimate of drug-likeness (QED) is 0.801. The molecular weight excluding hydrogens is 180 g/mol. The first-order valence-electron chi connectivity index (χ1n) is 4.67. The molecule has 0 saturated carbocycles. The second-order valence-electron chi connectivity index (χ2n) is 3.02. The van der Waals surface area contributed by atoms with E-state index in [9.17, 15) is 5.11 Å². The summed E-state index contributed by atoms with van der Waals surface area (Å²) in [6.07, 6.45) is -0.486. The second kappa shape index (κ2) is 4.86. The van der Waals surface area contributed by atoms with Crippen LogP contribution in [0, 0.1) is 0 Å². The molecule has 0 aliphatic rings. The van der Waals surface area contributed by atoms with E-state index < -0.39 is 6.10 Å². The third kappa shape index (κ3) is 2.39. The lowest BCUT2D eigenvalue weighted by atomic mass is 10.1. The zero-order valence-corrected chi connectivity index (χ0v) is 8.78. The summed E-state index contributed by atoms with van der Waals surface area (Å²) in [4.78, 5) is 0. The van der Waals surface area contributed by atoms with Crippen molar-refractivity contribution in [1.29, 1.82) is 0 Å². The van der Waals surface area contributed by atoms with Crippen LogP contribution in [0.3, 0.4) is 0 Å². The molecule has 1 N–H and O–H groups in total. The first-order chi connectivity index (χ1) is 6.69. The first kappa shape index (κ1) is 10.9. The molecular formula is C11H16O3. The maximum atomic E-state index is 9.38. The van der Waals surface area contributed by atoms with E-state index in [1.54, 1.807) is 26.2 Å². The molecule has 0 radical (unpaired) electrons. The minimum atomic E-state index is -0.486. The molecule has 0 heterocycles. The highest BCUT2D eigenvalue weighted by atomic mass is 16.5. The van der Waals surface area contributed by atoms with E-state index >= 15 is 0 Å². The minimum Gasteiger partial charge on any atom is -0.493 e. The van der Waals surface area contributed by atoms with Crippen molar-refractivity contribution in [3.8, 4) is 11.5 Å². The molecule has 0 unspecified atom stereocenters. The van der Waals surface area contributed by atoms with Gasteiger partial charge in [0.2, 0.25) is 0 Å². The van der Waals surface area contributed by atoms with Gasteiger partial charge in [0.25, 0.3) is 0 Å². The molecule has 0 spiro atoms. The Balaban J connectivity index is 3.01. The number of hydrogen-bond acceptors (Lipinski definition) is 3. The fraction of sp³-hybridized carbons (Fsp3) is 0.455. The molecule has 78 valence electrons. The predicted octanol–water partition coefficient (Wildman–Crippen LogP) is 2.15. The van der Waals surface area contributed by atoms with Crippen molar-refractivity contribution in [2.24, 2.45) is 0 Å². The van der Waals surface area contributed by atoms with Crippen LogP contribution in [0.5, 0.6) is 11.5 Å². The summed E-state index contributed by atoms with van der Waals surface area (Å²) >= 11 is 0. The third-order valence-corrected chi connectivity index (χ3v) is 1.97. The van der Waals surface area contributed by atoms with Crippen molar-refractivity contribution in [2.45, 2.75) is 20.0 Å². The van der Waals surface area contributed by atoms with Crippen molar-refractivity contribution >= 4 is 0 Å². The number of benzene rings is 1. The molecule has 0 fully saturated rings. The summed E-state index contributed by atoms with van der Waals surface area (Å²) in [6.45, 7) is 4.21. The SMILES string of the molecule is CCOc1cc([C@H](C)O)ccc1OC. The van der Waals surface area contributed by atoms with Crippen molar-refractivity contribution in [1.82, 2.24) is 0 Å². The fourth-order valence-corrected chi connectivity index (χ4v) is 1.22. The zero-order valence-electron chi connectivity index (χ0n) is 8.78. The smallest absolute Gasteiger partial charge is 0.161 e. The maximum Gasteiger partial charge on any atom is 0.161 e. The molecule has 1 atom stereocenters. The Morgan fingerprint density at radius 2 is 2.07 bits per heavy atom. The topological polar surface area (TPSA) is 38.7 Å². The molecule has 0 aliphatic heterocycles. The van der Waals surface area contributed by atoms with Gasteiger partial charge in [-0.3, -0.25) is 0 Å². The zero-order chi connectivity index (χ0) is 10.6. The highest BCUT2D eigenvalue weighted by Gasteiger charge is 2.07. The van der Waals surface area contributed by atoms with Gasteiger partial charge < -0.3 is 14.6 Å². The number of aliphatic hydroxyl groups excluding tert-OH is 1. The van der Waals surface area contributed by atoms with Gasteiger partial charge >= 0.3 is 0 Å². The Morgan fingerprint density at radius 1 is 1.36 bits per heavy atom. The molecule has 1 aromatic carbocycles. The van der Waals surface area contributed by atoms with Gasteiger partial charge in [0, 0.05) is 0 Å². The van der Waals surface area contributed by atoms with Crippen LogP contribution in [-0.2, 0) is 0 Å². The fourth-order valence-electron chi connectivity index (χ4n) is 1.22. The van der Waals surface area contributed by atoms with Crippen molar-refractivity contribution in [3.05, 3.63) is 23.8 Å². The maximum absolute atomic E-state index is 9.38. The standard InChI is InChI=1S/C11H16O3/c1-4-14-11-7-9(8(2)12)5-6-10(11)13-3/h5-8,12H,4H2,1-3H3/t8-/m0/s1. The highest BCUT2D eigenvalue weighted by Crippen LogP contribution is 2.30. The van der Waals surface area contributed by atoms with Crippen LogP contribution < -0.4 is 9.47 Å². The lowest BCUT2D eigenvalue weighted by Gasteiger charge is -2.12. The largest absolute Gasteiger partial charge is 0.493 e. The number of aliphatic hydroxyl groups is 1. The van der Waals surface area contributed by atoms with Gasteiger partial charge in [-0.2, -0.15) is 0 Å². The Hall–Kier alpha value is -1.22. The van der Waals surface area contributed by atoms with E-state index in [4.69, 9.17) is 9.47 Å². The Morgan fingerprint density at radius 3 is 2.57 bits per heavy atom. The lowest BCUT2D eigenvalue weighted by molar-refractivity contribution is 0.198. The van der Waals surface area contributed by atoms with Crippen LogP contribution in [0.4, 0.5) is 0 Å². The molecule has 3 nitrogen and oxygen atoms in total. The van der Waals surface area contributed by atoms with E-state index in [0.717, 1.165) is 5.56 Å². The van der Waals surface area contributed by atoms with Gasteiger partial charge in [-0.25, -0.2) is 0 Å². The summed E-state index contributed by atoms with van der Waals surface area (Å²) in [5.74, 6) is 1.37. The molecule has 0 aliphatic carbocycles. The Bertz CT molecular complexity index is 295. The number of methoxy groups -OCH3 is 1. The lowest BCUT2D eigenvalue weighted by Crippen LogP contribution is -1.98. The normalized spacial score (nSPS) is 12.3. The van der Waals surface area contributed by atoms with Crippen LogP contribution in [0.2, 0.25) is 0 Å². The molecule has 0 saturated heterocycles. The van der Waals surface area contributed by atoms with E-state index in [2.05, 4.69) is 0 Å². The van der Waals surface area contributed by atoms with Crippen LogP contribution in [0.25, 0.3) is 0 Å². The highest BCUT2D eigenvalue weighted by molar-refractivity contribution is 5.43. The Labute approximate surface area is 84.3 Å². The molecule has 0 bridgehead atoms. The van der Waals surface area contributed by atoms with Crippen LogP contribution >= 0.6 is 0 Å². The van der Waals surface area contributed by atoms with Gasteiger partial charge in [0.05, 0.1) is 19.8 Å². The number of hydrogen-bond donors (Lipinski definition) is 1. The van der Waals surface area contributed by atoms with Gasteiger partial charge in [-0.05, 0) is 31.5 Å². The summed E-state index contributed by atoms with van der Waals surface area (Å²) in [6, 6.07) is 5.42. The summed E-state index contributed by atoms with van der Waals surface area (Å²) in [5.41, 5.74) is 0.828. The molecule has 1 rings (SSSR count). The van der Waals surface area contributed by atoms with Gasteiger partial charge in [0.15, 0.2) is 11.5 Å². The summed E-state index contributed by atoms with van der Waals surface area (Å²) in [5, 5.41) is 9.38.